The summed E-state index contributed by atoms with van der Waals surface area (Å²) in [5, 5.41) is 10.5. The van der Waals surface area contributed by atoms with Crippen LogP contribution in [0, 0.1) is 18.7 Å². The first-order valence-corrected chi connectivity index (χ1v) is 9.86. The number of rotatable bonds is 6. The maximum atomic E-state index is 13.5. The van der Waals surface area contributed by atoms with E-state index < -0.39 is 6.04 Å². The van der Waals surface area contributed by atoms with E-state index in [1.165, 1.54) is 12.1 Å². The van der Waals surface area contributed by atoms with Gasteiger partial charge < -0.3 is 14.7 Å². The fourth-order valence-electron chi connectivity index (χ4n) is 4.58. The molecule has 29 heavy (non-hydrogen) atoms. The van der Waals surface area contributed by atoms with E-state index in [-0.39, 0.29) is 35.5 Å². The Morgan fingerprint density at radius 3 is 2.59 bits per heavy atom. The Morgan fingerprint density at radius 2 is 1.86 bits per heavy atom. The number of nitrogens with one attached hydrogen (secondary N) is 2. The van der Waals surface area contributed by atoms with Gasteiger partial charge >= 0.3 is 0 Å². The third-order valence-corrected chi connectivity index (χ3v) is 5.89. The number of amides is 1. The quantitative estimate of drug-likeness (QED) is 0.651. The number of aryl methyl sites for hydroxylation is 1. The lowest BCUT2D eigenvalue weighted by Crippen LogP contribution is -2.41. The largest absolute Gasteiger partial charge is 0.508 e. The highest BCUT2D eigenvalue weighted by atomic mass is 19.1. The van der Waals surface area contributed by atoms with E-state index in [1.807, 2.05) is 24.0 Å². The first-order valence-electron chi connectivity index (χ1n) is 9.86. The molecule has 6 nitrogen and oxygen atoms in total. The minimum atomic E-state index is -0.419. The second-order valence-corrected chi connectivity index (χ2v) is 7.76. The summed E-state index contributed by atoms with van der Waals surface area (Å²) in [5.41, 5.74) is 9.02. The molecule has 4 atom stereocenters. The van der Waals surface area contributed by atoms with Crippen LogP contribution in [0.4, 0.5) is 4.39 Å². The number of nitrogens with zero attached hydrogens (tertiary/aromatic N) is 1. The van der Waals surface area contributed by atoms with E-state index in [9.17, 15) is 14.3 Å². The first kappa shape index (κ1) is 19.8. The molecule has 2 aromatic rings. The molecule has 154 valence electrons. The van der Waals surface area contributed by atoms with Gasteiger partial charge in [-0.15, -0.1) is 0 Å². The van der Waals surface area contributed by atoms with E-state index in [0.717, 1.165) is 16.7 Å². The highest BCUT2D eigenvalue weighted by Gasteiger charge is 2.55. The molecule has 2 aromatic carbocycles. The average Bonchev–Trinajstić information content (AvgIpc) is 3.24. The number of phenols is 1. The van der Waals surface area contributed by atoms with Gasteiger partial charge in [0.25, 0.3) is 0 Å². The summed E-state index contributed by atoms with van der Waals surface area (Å²) >= 11 is 0. The van der Waals surface area contributed by atoms with Crippen molar-refractivity contribution in [1.82, 2.24) is 15.8 Å². The molecular formula is C22H26FN3O3. The Bertz CT molecular complexity index is 889. The lowest BCUT2D eigenvalue weighted by Gasteiger charge is -2.31. The Morgan fingerprint density at radius 1 is 1.14 bits per heavy atom. The van der Waals surface area contributed by atoms with Crippen molar-refractivity contribution in [3.63, 3.8) is 0 Å². The van der Waals surface area contributed by atoms with Crippen molar-refractivity contribution < 1.29 is 19.0 Å². The SMILES string of the molecule is COCCCN1C(=O)C2NNC(c3cc(C)ccc3O)C2C1c1ccc(F)cc1. The van der Waals surface area contributed by atoms with Crippen molar-refractivity contribution in [2.75, 3.05) is 20.3 Å². The zero-order valence-electron chi connectivity index (χ0n) is 16.6. The van der Waals surface area contributed by atoms with Gasteiger partial charge in [-0.1, -0.05) is 29.8 Å². The number of aromatic hydroxyl groups is 1. The average molecular weight is 399 g/mol. The van der Waals surface area contributed by atoms with Crippen LogP contribution in [0.1, 0.15) is 35.2 Å². The molecule has 1 amide bonds. The highest BCUT2D eigenvalue weighted by molar-refractivity contribution is 5.86. The third kappa shape index (κ3) is 3.61. The number of benzene rings is 2. The Balaban J connectivity index is 1.74. The molecule has 7 heteroatoms. The zero-order valence-corrected chi connectivity index (χ0v) is 16.6. The van der Waals surface area contributed by atoms with E-state index in [2.05, 4.69) is 10.9 Å². The number of hydrogen-bond donors (Lipinski definition) is 3. The number of methoxy groups -OCH3 is 1. The second kappa shape index (κ2) is 8.10. The molecule has 0 spiro atoms. The maximum Gasteiger partial charge on any atom is 0.242 e. The third-order valence-electron chi connectivity index (χ3n) is 5.89. The van der Waals surface area contributed by atoms with Gasteiger partial charge in [-0.25, -0.2) is 15.2 Å². The smallest absolute Gasteiger partial charge is 0.242 e. The van der Waals surface area contributed by atoms with Gasteiger partial charge in [0.1, 0.15) is 17.6 Å². The molecule has 2 aliphatic heterocycles. The number of hydrazine groups is 1. The molecule has 0 aliphatic carbocycles. The summed E-state index contributed by atoms with van der Waals surface area (Å²) in [6.45, 7) is 3.08. The van der Waals surface area contributed by atoms with Crippen LogP contribution in [0.3, 0.4) is 0 Å². The van der Waals surface area contributed by atoms with E-state index in [0.29, 0.717) is 19.6 Å². The Kier molecular flexibility index (Phi) is 5.54. The van der Waals surface area contributed by atoms with Gasteiger partial charge in [0.15, 0.2) is 0 Å². The molecule has 0 saturated carbocycles. The highest BCUT2D eigenvalue weighted by Crippen LogP contribution is 2.48. The monoisotopic (exact) mass is 399 g/mol. The standard InChI is InChI=1S/C22H26FN3O3/c1-13-4-9-17(27)16(12-13)19-18-20(25-24-19)22(28)26(10-3-11-29-2)21(18)14-5-7-15(23)8-6-14/h4-9,12,18-21,24-25,27H,3,10-11H2,1-2H3. The van der Waals surface area contributed by atoms with E-state index in [4.69, 9.17) is 4.74 Å². The predicted octanol–water partition coefficient (Wildman–Crippen LogP) is 2.59. The molecule has 0 radical (unpaired) electrons. The summed E-state index contributed by atoms with van der Waals surface area (Å²) in [5.74, 6) is -0.263. The van der Waals surface area contributed by atoms with Crippen molar-refractivity contribution in [2.45, 2.75) is 31.5 Å². The number of fused-ring (bicyclic) bond motifs is 1. The maximum absolute atomic E-state index is 13.5. The van der Waals surface area contributed by atoms with Crippen molar-refractivity contribution in [1.29, 1.82) is 0 Å². The number of phenolic OH excluding ortho intramolecular Hbond substituents is 1. The number of halogens is 1. The van der Waals surface area contributed by atoms with Crippen molar-refractivity contribution in [3.8, 4) is 5.75 Å². The fourth-order valence-corrected chi connectivity index (χ4v) is 4.58. The molecule has 3 N–H and O–H groups in total. The molecular weight excluding hydrogens is 373 g/mol. The van der Waals surface area contributed by atoms with Gasteiger partial charge in [-0.2, -0.15) is 0 Å². The molecule has 4 rings (SSSR count). The Hall–Kier alpha value is -2.48. The summed E-state index contributed by atoms with van der Waals surface area (Å²) in [6, 6.07) is 10.9. The molecule has 2 saturated heterocycles. The first-order chi connectivity index (χ1) is 14.0. The van der Waals surface area contributed by atoms with Crippen LogP contribution in [0.5, 0.6) is 5.75 Å². The van der Waals surface area contributed by atoms with Gasteiger partial charge in [-0.3, -0.25) is 4.79 Å². The van der Waals surface area contributed by atoms with E-state index >= 15 is 0 Å². The Labute approximate surface area is 169 Å². The van der Waals surface area contributed by atoms with Crippen LogP contribution in [0.25, 0.3) is 0 Å². The van der Waals surface area contributed by atoms with E-state index in [1.54, 1.807) is 25.3 Å². The lowest BCUT2D eigenvalue weighted by molar-refractivity contribution is -0.131. The van der Waals surface area contributed by atoms with Gasteiger partial charge in [-0.05, 0) is 37.1 Å². The normalized spacial score (nSPS) is 26.2. The number of ether oxygens (including phenoxy) is 1. The van der Waals surface area contributed by atoms with Crippen molar-refractivity contribution in [3.05, 3.63) is 65.0 Å². The van der Waals surface area contributed by atoms with Crippen LogP contribution in [0.15, 0.2) is 42.5 Å². The molecule has 0 bridgehead atoms. The molecule has 4 unspecified atom stereocenters. The number of carbonyl (C=O) groups excluding carboxylic acids is 1. The second-order valence-electron chi connectivity index (χ2n) is 7.76. The summed E-state index contributed by atoms with van der Waals surface area (Å²) in [4.78, 5) is 15.1. The van der Waals surface area contributed by atoms with Crippen LogP contribution in [0.2, 0.25) is 0 Å². The summed E-state index contributed by atoms with van der Waals surface area (Å²) in [6.07, 6.45) is 0.715. The molecule has 2 aliphatic rings. The number of carbonyl (C=O) groups is 1. The van der Waals surface area contributed by atoms with Gasteiger partial charge in [0.2, 0.25) is 5.91 Å². The van der Waals surface area contributed by atoms with Crippen LogP contribution in [-0.4, -0.2) is 42.2 Å². The minimum Gasteiger partial charge on any atom is -0.508 e. The van der Waals surface area contributed by atoms with Crippen molar-refractivity contribution in [2.24, 2.45) is 5.92 Å². The fraction of sp³-hybridized carbons (Fsp3) is 0.409. The minimum absolute atomic E-state index is 0.00238. The molecule has 0 aromatic heterocycles. The van der Waals surface area contributed by atoms with Crippen molar-refractivity contribution >= 4 is 5.91 Å². The summed E-state index contributed by atoms with van der Waals surface area (Å²) < 4.78 is 18.7. The molecule has 2 heterocycles. The lowest BCUT2D eigenvalue weighted by atomic mass is 9.83. The van der Waals surface area contributed by atoms with Crippen LogP contribution < -0.4 is 10.9 Å². The molecule has 2 fully saturated rings. The van der Waals surface area contributed by atoms with Crippen LogP contribution >= 0.6 is 0 Å². The predicted molar refractivity (Wildman–Crippen MR) is 106 cm³/mol. The number of likely N-dealkylation sites (tertiary alicyclic amines) is 1. The number of hydrogen-bond acceptors (Lipinski definition) is 5. The van der Waals surface area contributed by atoms with Crippen LogP contribution in [-0.2, 0) is 9.53 Å². The van der Waals surface area contributed by atoms with Gasteiger partial charge in [0, 0.05) is 31.7 Å². The topological polar surface area (TPSA) is 73.8 Å². The van der Waals surface area contributed by atoms with Gasteiger partial charge in [0.05, 0.1) is 12.1 Å². The zero-order chi connectivity index (χ0) is 20.5. The summed E-state index contributed by atoms with van der Waals surface area (Å²) in [7, 11) is 1.64.